The second-order valence-corrected chi connectivity index (χ2v) is 16.1. The summed E-state index contributed by atoms with van der Waals surface area (Å²) in [6, 6.07) is 9.20. The summed E-state index contributed by atoms with van der Waals surface area (Å²) in [4.78, 5) is 11.7. The lowest BCUT2D eigenvalue weighted by molar-refractivity contribution is -0.133. The molecule has 0 aliphatic carbocycles. The molecule has 0 bridgehead atoms. The van der Waals surface area contributed by atoms with E-state index >= 15 is 0 Å². The number of rotatable bonds is 4. The number of para-hydroxylation sites is 1. The standard InChI is InChI=1S/C12H15O2PS3/c13-12(14-11-5-2-1-3-6-11)7-8-15(16)17-9-4-10-18-15/h1-3,5-6H,4,7-10H2. The molecule has 1 fully saturated rings. The van der Waals surface area contributed by atoms with Crippen molar-refractivity contribution in [2.45, 2.75) is 12.8 Å². The first-order chi connectivity index (χ1) is 8.68. The zero-order chi connectivity index (χ0) is 12.8. The van der Waals surface area contributed by atoms with Gasteiger partial charge in [-0.3, -0.25) is 4.79 Å². The maximum Gasteiger partial charge on any atom is 0.311 e. The van der Waals surface area contributed by atoms with Crippen molar-refractivity contribution in [3.63, 3.8) is 0 Å². The fraction of sp³-hybridized carbons (Fsp3) is 0.417. The van der Waals surface area contributed by atoms with E-state index in [1.165, 1.54) is 6.42 Å². The largest absolute Gasteiger partial charge is 0.427 e. The van der Waals surface area contributed by atoms with Crippen LogP contribution in [0.3, 0.4) is 0 Å². The molecule has 0 amide bonds. The third kappa shape index (κ3) is 4.61. The van der Waals surface area contributed by atoms with Gasteiger partial charge in [0.25, 0.3) is 0 Å². The molecule has 0 saturated carbocycles. The van der Waals surface area contributed by atoms with E-state index in [4.69, 9.17) is 16.5 Å². The van der Waals surface area contributed by atoms with E-state index in [-0.39, 0.29) is 5.97 Å². The molecule has 2 nitrogen and oxygen atoms in total. The van der Waals surface area contributed by atoms with Crippen LogP contribution in [0, 0.1) is 0 Å². The summed E-state index contributed by atoms with van der Waals surface area (Å²) in [5.41, 5.74) is 0. The number of carbonyl (C=O) groups is 1. The van der Waals surface area contributed by atoms with E-state index in [0.29, 0.717) is 12.2 Å². The van der Waals surface area contributed by atoms with Crippen LogP contribution in [0.4, 0.5) is 0 Å². The molecule has 0 spiro atoms. The Balaban J connectivity index is 1.80. The number of ether oxygens (including phenoxy) is 1. The van der Waals surface area contributed by atoms with Gasteiger partial charge in [-0.15, -0.1) is 22.8 Å². The Bertz CT molecular complexity index is 440. The summed E-state index contributed by atoms with van der Waals surface area (Å²) < 4.78 is 3.86. The van der Waals surface area contributed by atoms with E-state index in [9.17, 15) is 4.79 Å². The zero-order valence-electron chi connectivity index (χ0n) is 9.91. The topological polar surface area (TPSA) is 26.3 Å². The van der Waals surface area contributed by atoms with E-state index < -0.39 is 4.44 Å². The van der Waals surface area contributed by atoms with Gasteiger partial charge in [-0.25, -0.2) is 0 Å². The first-order valence-corrected chi connectivity index (χ1v) is 12.0. The van der Waals surface area contributed by atoms with Gasteiger partial charge in [0.2, 0.25) is 0 Å². The molecule has 0 N–H and O–H groups in total. The van der Waals surface area contributed by atoms with Crippen LogP contribution in [0.2, 0.25) is 0 Å². The number of carbonyl (C=O) groups excluding carboxylic acids is 1. The van der Waals surface area contributed by atoms with Crippen LogP contribution in [0.15, 0.2) is 30.3 Å². The Kier molecular flexibility index (Phi) is 5.61. The van der Waals surface area contributed by atoms with Crippen LogP contribution >= 0.6 is 27.2 Å². The molecule has 0 atom stereocenters. The normalized spacial score (nSPS) is 18.2. The van der Waals surface area contributed by atoms with Crippen molar-refractivity contribution in [2.24, 2.45) is 0 Å². The molecule has 0 unspecified atom stereocenters. The molecule has 1 aromatic carbocycles. The third-order valence-electron chi connectivity index (χ3n) is 2.43. The van der Waals surface area contributed by atoms with Gasteiger partial charge in [-0.1, -0.05) is 30.0 Å². The summed E-state index contributed by atoms with van der Waals surface area (Å²) in [6.45, 7) is 0. The number of esters is 1. The van der Waals surface area contributed by atoms with Crippen LogP contribution in [0.5, 0.6) is 5.75 Å². The van der Waals surface area contributed by atoms with Crippen molar-refractivity contribution in [1.29, 1.82) is 0 Å². The maximum atomic E-state index is 11.7. The maximum absolute atomic E-state index is 11.7. The van der Waals surface area contributed by atoms with Crippen molar-refractivity contribution in [3.05, 3.63) is 30.3 Å². The van der Waals surface area contributed by atoms with E-state index in [1.807, 2.05) is 41.0 Å². The smallest absolute Gasteiger partial charge is 0.311 e. The summed E-state index contributed by atoms with van der Waals surface area (Å²) in [5, 5.41) is 0. The van der Waals surface area contributed by atoms with Crippen molar-refractivity contribution in [1.82, 2.24) is 0 Å². The highest BCUT2D eigenvalue weighted by atomic mass is 33.2. The molecule has 18 heavy (non-hydrogen) atoms. The molecule has 1 aliphatic heterocycles. The molecule has 98 valence electrons. The Labute approximate surface area is 121 Å². The van der Waals surface area contributed by atoms with Crippen molar-refractivity contribution in [3.8, 4) is 5.75 Å². The lowest BCUT2D eigenvalue weighted by Crippen LogP contribution is -2.09. The monoisotopic (exact) mass is 318 g/mol. The van der Waals surface area contributed by atoms with E-state index in [0.717, 1.165) is 17.7 Å². The van der Waals surface area contributed by atoms with Crippen LogP contribution in [0.25, 0.3) is 0 Å². The van der Waals surface area contributed by atoms with Crippen molar-refractivity contribution >= 4 is 45.0 Å². The molecule has 1 saturated heterocycles. The van der Waals surface area contributed by atoms with Crippen LogP contribution in [-0.2, 0) is 16.6 Å². The van der Waals surface area contributed by atoms with Gasteiger partial charge in [0.15, 0.2) is 0 Å². The van der Waals surface area contributed by atoms with Gasteiger partial charge in [0.1, 0.15) is 5.75 Å². The second-order valence-electron chi connectivity index (χ2n) is 3.89. The average molecular weight is 318 g/mol. The fourth-order valence-electron chi connectivity index (χ4n) is 1.53. The highest BCUT2D eigenvalue weighted by molar-refractivity contribution is 9.00. The van der Waals surface area contributed by atoms with E-state index in [2.05, 4.69) is 0 Å². The minimum atomic E-state index is -1.41. The molecule has 6 heteroatoms. The summed E-state index contributed by atoms with van der Waals surface area (Å²) in [5.74, 6) is 2.75. The lowest BCUT2D eigenvalue weighted by atomic mass is 10.3. The first-order valence-electron chi connectivity index (χ1n) is 5.82. The summed E-state index contributed by atoms with van der Waals surface area (Å²) >= 11 is 9.46. The van der Waals surface area contributed by atoms with Gasteiger partial charge in [-0.05, 0) is 30.1 Å². The van der Waals surface area contributed by atoms with Crippen LogP contribution < -0.4 is 4.74 Å². The van der Waals surface area contributed by atoms with Gasteiger partial charge in [0, 0.05) is 6.16 Å². The van der Waals surface area contributed by atoms with Gasteiger partial charge >= 0.3 is 5.97 Å². The minimum absolute atomic E-state index is 0.169. The predicted molar refractivity (Wildman–Crippen MR) is 85.4 cm³/mol. The SMILES string of the molecule is O=C(CCP1(=S)SCCCS1)Oc1ccccc1. The average Bonchev–Trinajstić information content (AvgIpc) is 2.39. The van der Waals surface area contributed by atoms with Gasteiger partial charge in [-0.2, -0.15) is 0 Å². The Morgan fingerprint density at radius 2 is 1.94 bits per heavy atom. The molecule has 2 rings (SSSR count). The van der Waals surface area contributed by atoms with Gasteiger partial charge in [0.05, 0.1) is 10.9 Å². The predicted octanol–water partition coefficient (Wildman–Crippen LogP) is 4.16. The quantitative estimate of drug-likeness (QED) is 0.472. The molecule has 0 aromatic heterocycles. The highest BCUT2D eigenvalue weighted by Crippen LogP contribution is 2.71. The van der Waals surface area contributed by atoms with Gasteiger partial charge < -0.3 is 4.74 Å². The zero-order valence-corrected chi connectivity index (χ0v) is 13.3. The lowest BCUT2D eigenvalue weighted by Gasteiger charge is -2.24. The van der Waals surface area contributed by atoms with Crippen molar-refractivity contribution < 1.29 is 9.53 Å². The van der Waals surface area contributed by atoms with Crippen molar-refractivity contribution in [2.75, 3.05) is 17.7 Å². The summed E-state index contributed by atoms with van der Waals surface area (Å²) in [7, 11) is 0. The molecular weight excluding hydrogens is 303 g/mol. The molecule has 1 heterocycles. The number of hydrogen-bond donors (Lipinski definition) is 0. The van der Waals surface area contributed by atoms with E-state index in [1.54, 1.807) is 12.1 Å². The number of benzene rings is 1. The number of hydrogen-bond acceptors (Lipinski definition) is 5. The minimum Gasteiger partial charge on any atom is -0.427 e. The second kappa shape index (κ2) is 6.99. The Morgan fingerprint density at radius 3 is 2.61 bits per heavy atom. The first kappa shape index (κ1) is 14.4. The molecule has 1 aromatic rings. The Hall–Kier alpha value is 0.0400. The molecular formula is C12H15O2PS3. The molecule has 1 aliphatic rings. The Morgan fingerprint density at radius 1 is 1.28 bits per heavy atom. The third-order valence-corrected chi connectivity index (χ3v) is 13.8. The van der Waals surface area contributed by atoms with Crippen LogP contribution in [0.1, 0.15) is 12.8 Å². The van der Waals surface area contributed by atoms with Crippen LogP contribution in [-0.4, -0.2) is 23.6 Å². The summed E-state index contributed by atoms with van der Waals surface area (Å²) in [6.07, 6.45) is 2.48. The molecule has 0 radical (unpaired) electrons. The fourth-order valence-corrected chi connectivity index (χ4v) is 11.2. The highest BCUT2D eigenvalue weighted by Gasteiger charge is 2.23.